The maximum atomic E-state index is 10.6. The average Bonchev–Trinajstić information content (AvgIpc) is 2.26. The van der Waals surface area contributed by atoms with Crippen molar-refractivity contribution < 1.29 is 4.92 Å². The second kappa shape index (κ2) is 4.75. The van der Waals surface area contributed by atoms with Crippen LogP contribution in [0.3, 0.4) is 0 Å². The van der Waals surface area contributed by atoms with Gasteiger partial charge in [0.15, 0.2) is 0 Å². The van der Waals surface area contributed by atoms with Crippen LogP contribution in [-0.2, 0) is 0 Å². The van der Waals surface area contributed by atoms with Gasteiger partial charge in [-0.15, -0.1) is 0 Å². The van der Waals surface area contributed by atoms with Crippen LogP contribution in [0.15, 0.2) is 6.20 Å². The minimum atomic E-state index is -0.569. The Labute approximate surface area is 105 Å². The third-order valence-corrected chi connectivity index (χ3v) is 3.13. The van der Waals surface area contributed by atoms with E-state index in [4.69, 9.17) is 5.73 Å². The zero-order valence-electron chi connectivity index (χ0n) is 10.5. The molecule has 2 N–H and O–H groups in total. The second-order valence-electron chi connectivity index (χ2n) is 5.05. The fourth-order valence-electron chi connectivity index (χ4n) is 2.50. The Bertz CT molecular complexity index is 455. The predicted molar refractivity (Wildman–Crippen MR) is 68.3 cm³/mol. The highest BCUT2D eigenvalue weighted by atomic mass is 16.6. The van der Waals surface area contributed by atoms with E-state index in [0.717, 1.165) is 13.1 Å². The maximum absolute atomic E-state index is 10.6. The number of rotatable bonds is 2. The number of nitrogens with zero attached hydrogens (tertiary/aromatic N) is 4. The van der Waals surface area contributed by atoms with E-state index < -0.39 is 4.92 Å². The maximum Gasteiger partial charge on any atom is 0.329 e. The molecule has 2 heterocycles. The Balaban J connectivity index is 2.23. The largest absolute Gasteiger partial charge is 0.378 e. The van der Waals surface area contributed by atoms with E-state index in [2.05, 4.69) is 23.8 Å². The third-order valence-electron chi connectivity index (χ3n) is 3.13. The number of aromatic nitrogens is 2. The van der Waals surface area contributed by atoms with Crippen LogP contribution in [-0.4, -0.2) is 28.0 Å². The first-order valence-electron chi connectivity index (χ1n) is 5.99. The van der Waals surface area contributed by atoms with Gasteiger partial charge in [-0.1, -0.05) is 13.8 Å². The average molecular weight is 251 g/mol. The molecule has 2 rings (SSSR count). The molecule has 2 atom stereocenters. The summed E-state index contributed by atoms with van der Waals surface area (Å²) in [4.78, 5) is 20.2. The quantitative estimate of drug-likeness (QED) is 0.631. The number of hydrogen-bond donors (Lipinski definition) is 1. The van der Waals surface area contributed by atoms with Crippen LogP contribution >= 0.6 is 0 Å². The Hall–Kier alpha value is -1.92. The fourth-order valence-corrected chi connectivity index (χ4v) is 2.50. The zero-order valence-corrected chi connectivity index (χ0v) is 10.5. The molecular weight excluding hydrogens is 234 g/mol. The number of hydrogen-bond acceptors (Lipinski definition) is 6. The first-order chi connectivity index (χ1) is 8.47. The lowest BCUT2D eigenvalue weighted by Gasteiger charge is -2.34. The van der Waals surface area contributed by atoms with Gasteiger partial charge in [-0.25, -0.2) is 4.98 Å². The first kappa shape index (κ1) is 12.5. The monoisotopic (exact) mass is 251 g/mol. The molecule has 0 bridgehead atoms. The number of nitro groups is 1. The summed E-state index contributed by atoms with van der Waals surface area (Å²) in [6, 6.07) is 0. The molecule has 0 radical (unpaired) electrons. The number of anilines is 2. The van der Waals surface area contributed by atoms with Crippen LogP contribution in [0.5, 0.6) is 0 Å². The van der Waals surface area contributed by atoms with Gasteiger partial charge in [-0.05, 0) is 18.3 Å². The summed E-state index contributed by atoms with van der Waals surface area (Å²) < 4.78 is 0. The molecule has 1 aliphatic rings. The van der Waals surface area contributed by atoms with Crippen molar-refractivity contribution in [3.8, 4) is 0 Å². The van der Waals surface area contributed by atoms with Crippen molar-refractivity contribution in [2.75, 3.05) is 23.7 Å². The van der Waals surface area contributed by atoms with E-state index in [1.54, 1.807) is 0 Å². The number of nitrogen functional groups attached to an aromatic ring is 1. The molecule has 98 valence electrons. The van der Waals surface area contributed by atoms with Gasteiger partial charge in [0.25, 0.3) is 0 Å². The van der Waals surface area contributed by atoms with Gasteiger partial charge in [0.2, 0.25) is 11.8 Å². The second-order valence-corrected chi connectivity index (χ2v) is 5.05. The van der Waals surface area contributed by atoms with Crippen LogP contribution in [0.25, 0.3) is 0 Å². The molecular formula is C11H17N5O2. The normalized spacial score (nSPS) is 24.0. The van der Waals surface area contributed by atoms with Gasteiger partial charge in [0.1, 0.15) is 6.20 Å². The van der Waals surface area contributed by atoms with Gasteiger partial charge >= 0.3 is 5.69 Å². The van der Waals surface area contributed by atoms with Crippen molar-refractivity contribution in [1.29, 1.82) is 0 Å². The van der Waals surface area contributed by atoms with Gasteiger partial charge in [-0.3, -0.25) is 10.1 Å². The van der Waals surface area contributed by atoms with Crippen molar-refractivity contribution in [2.45, 2.75) is 20.3 Å². The minimum absolute atomic E-state index is 0.0733. The van der Waals surface area contributed by atoms with Crippen molar-refractivity contribution in [3.05, 3.63) is 16.3 Å². The summed E-state index contributed by atoms with van der Waals surface area (Å²) in [5.41, 5.74) is 5.34. The molecule has 0 spiro atoms. The molecule has 0 saturated carbocycles. The summed E-state index contributed by atoms with van der Waals surface area (Å²) in [6.45, 7) is 6.08. The SMILES string of the molecule is CC1CC(C)CN(c2ncc([N+](=O)[O-])c(N)n2)C1. The molecule has 1 aromatic heterocycles. The van der Waals surface area contributed by atoms with Gasteiger partial charge < -0.3 is 10.6 Å². The molecule has 1 aliphatic heterocycles. The lowest BCUT2D eigenvalue weighted by atomic mass is 9.92. The molecule has 7 heteroatoms. The Morgan fingerprint density at radius 3 is 2.56 bits per heavy atom. The Kier molecular flexibility index (Phi) is 3.31. The molecule has 1 fully saturated rings. The van der Waals surface area contributed by atoms with E-state index >= 15 is 0 Å². The van der Waals surface area contributed by atoms with Crippen LogP contribution in [0.2, 0.25) is 0 Å². The van der Waals surface area contributed by atoms with Crippen LogP contribution < -0.4 is 10.6 Å². The van der Waals surface area contributed by atoms with Crippen LogP contribution in [0, 0.1) is 22.0 Å². The van der Waals surface area contributed by atoms with Crippen molar-refractivity contribution in [3.63, 3.8) is 0 Å². The number of piperidine rings is 1. The molecule has 0 aromatic carbocycles. The van der Waals surface area contributed by atoms with E-state index in [0.29, 0.717) is 17.8 Å². The molecule has 2 unspecified atom stereocenters. The summed E-state index contributed by atoms with van der Waals surface area (Å²) in [6.07, 6.45) is 2.36. The summed E-state index contributed by atoms with van der Waals surface area (Å²) in [5, 5.41) is 10.6. The van der Waals surface area contributed by atoms with Gasteiger partial charge in [0, 0.05) is 13.1 Å². The molecule has 1 aromatic rings. The van der Waals surface area contributed by atoms with E-state index in [9.17, 15) is 10.1 Å². The Morgan fingerprint density at radius 1 is 1.44 bits per heavy atom. The fraction of sp³-hybridized carbons (Fsp3) is 0.636. The lowest BCUT2D eigenvalue weighted by molar-refractivity contribution is -0.384. The molecule has 0 amide bonds. The lowest BCUT2D eigenvalue weighted by Crippen LogP contribution is -2.39. The highest BCUT2D eigenvalue weighted by molar-refractivity contribution is 5.53. The molecule has 0 aliphatic carbocycles. The first-order valence-corrected chi connectivity index (χ1v) is 5.99. The van der Waals surface area contributed by atoms with Crippen molar-refractivity contribution in [2.24, 2.45) is 11.8 Å². The third kappa shape index (κ3) is 2.49. The highest BCUT2D eigenvalue weighted by Crippen LogP contribution is 2.26. The topological polar surface area (TPSA) is 98.2 Å². The van der Waals surface area contributed by atoms with Crippen LogP contribution in [0.1, 0.15) is 20.3 Å². The summed E-state index contributed by atoms with van der Waals surface area (Å²) >= 11 is 0. The Morgan fingerprint density at radius 2 is 2.06 bits per heavy atom. The smallest absolute Gasteiger partial charge is 0.329 e. The summed E-state index contributed by atoms with van der Waals surface area (Å²) in [5.74, 6) is 1.54. The molecule has 7 nitrogen and oxygen atoms in total. The minimum Gasteiger partial charge on any atom is -0.378 e. The standard InChI is InChI=1S/C11H17N5O2/c1-7-3-8(2)6-15(5-7)11-13-4-9(16(17)18)10(12)14-11/h4,7-8H,3,5-6H2,1-2H3,(H2,12,13,14). The van der Waals surface area contributed by atoms with Crippen molar-refractivity contribution >= 4 is 17.5 Å². The molecule has 1 saturated heterocycles. The number of nitrogens with two attached hydrogens (primary N) is 1. The highest BCUT2D eigenvalue weighted by Gasteiger charge is 2.25. The van der Waals surface area contributed by atoms with Crippen molar-refractivity contribution in [1.82, 2.24) is 9.97 Å². The molecule has 18 heavy (non-hydrogen) atoms. The van der Waals surface area contributed by atoms with Crippen LogP contribution in [0.4, 0.5) is 17.5 Å². The van der Waals surface area contributed by atoms with Gasteiger partial charge in [-0.2, -0.15) is 4.98 Å². The summed E-state index contributed by atoms with van der Waals surface area (Å²) in [7, 11) is 0. The van der Waals surface area contributed by atoms with Gasteiger partial charge in [0.05, 0.1) is 4.92 Å². The van der Waals surface area contributed by atoms with E-state index in [1.165, 1.54) is 12.6 Å². The predicted octanol–water partition coefficient (Wildman–Crippen LogP) is 1.45. The van der Waals surface area contributed by atoms with E-state index in [-0.39, 0.29) is 11.5 Å². The zero-order chi connectivity index (χ0) is 13.3. The van der Waals surface area contributed by atoms with E-state index in [1.807, 2.05) is 4.90 Å².